The molecule has 0 amide bonds. The monoisotopic (exact) mass is 257 g/mol. The molecular formula is C14H18F3N. The van der Waals surface area contributed by atoms with Gasteiger partial charge in [-0.05, 0) is 49.4 Å². The van der Waals surface area contributed by atoms with Gasteiger partial charge in [-0.1, -0.05) is 13.8 Å². The highest BCUT2D eigenvalue weighted by molar-refractivity contribution is 5.22. The van der Waals surface area contributed by atoms with E-state index >= 15 is 0 Å². The van der Waals surface area contributed by atoms with Crippen LogP contribution in [-0.4, -0.2) is 12.1 Å². The topological polar surface area (TPSA) is 12.0 Å². The molecule has 1 heterocycles. The highest BCUT2D eigenvalue weighted by Crippen LogP contribution is 2.32. The first-order valence-corrected chi connectivity index (χ1v) is 6.33. The number of nitrogens with one attached hydrogen (secondary N) is 1. The summed E-state index contributed by atoms with van der Waals surface area (Å²) in [6.45, 7) is 5.10. The molecule has 18 heavy (non-hydrogen) atoms. The van der Waals surface area contributed by atoms with Gasteiger partial charge in [0, 0.05) is 5.54 Å². The van der Waals surface area contributed by atoms with Gasteiger partial charge in [0.15, 0.2) is 17.5 Å². The summed E-state index contributed by atoms with van der Waals surface area (Å²) in [5.74, 6) is -3.25. The Bertz CT molecular complexity index is 414. The zero-order chi connectivity index (χ0) is 13.3. The van der Waals surface area contributed by atoms with Crippen molar-refractivity contribution in [2.75, 3.05) is 6.54 Å². The zero-order valence-corrected chi connectivity index (χ0v) is 10.7. The third-order valence-corrected chi connectivity index (χ3v) is 3.95. The molecule has 1 nitrogen and oxygen atoms in total. The van der Waals surface area contributed by atoms with Crippen LogP contribution in [-0.2, 0) is 6.42 Å². The maximum Gasteiger partial charge on any atom is 0.194 e. The van der Waals surface area contributed by atoms with Crippen LogP contribution >= 0.6 is 0 Å². The van der Waals surface area contributed by atoms with Crippen LogP contribution < -0.4 is 5.32 Å². The maximum absolute atomic E-state index is 13.2. The molecule has 0 aromatic heterocycles. The molecule has 0 saturated carbocycles. The predicted octanol–water partition coefficient (Wildman–Crippen LogP) is 3.42. The Balaban J connectivity index is 2.27. The van der Waals surface area contributed by atoms with Crippen LogP contribution in [0.5, 0.6) is 0 Å². The van der Waals surface area contributed by atoms with E-state index in [0.29, 0.717) is 17.9 Å². The quantitative estimate of drug-likeness (QED) is 0.818. The van der Waals surface area contributed by atoms with Crippen LogP contribution in [0.15, 0.2) is 12.1 Å². The van der Waals surface area contributed by atoms with Crippen molar-refractivity contribution in [2.45, 2.75) is 38.6 Å². The second-order valence-corrected chi connectivity index (χ2v) is 5.39. The van der Waals surface area contributed by atoms with Gasteiger partial charge in [0.1, 0.15) is 0 Å². The van der Waals surface area contributed by atoms with E-state index in [4.69, 9.17) is 0 Å². The number of rotatable bonds is 3. The minimum absolute atomic E-state index is 0.128. The van der Waals surface area contributed by atoms with Gasteiger partial charge in [-0.3, -0.25) is 0 Å². The van der Waals surface area contributed by atoms with Crippen molar-refractivity contribution in [3.8, 4) is 0 Å². The van der Waals surface area contributed by atoms with Gasteiger partial charge in [-0.2, -0.15) is 0 Å². The van der Waals surface area contributed by atoms with Gasteiger partial charge in [-0.15, -0.1) is 0 Å². The van der Waals surface area contributed by atoms with E-state index in [-0.39, 0.29) is 5.54 Å². The molecular weight excluding hydrogens is 239 g/mol. The fourth-order valence-electron chi connectivity index (χ4n) is 2.75. The second-order valence-electron chi connectivity index (χ2n) is 5.39. The molecule has 4 heteroatoms. The first-order chi connectivity index (χ1) is 8.44. The predicted molar refractivity (Wildman–Crippen MR) is 64.8 cm³/mol. The van der Waals surface area contributed by atoms with Gasteiger partial charge in [-0.25, -0.2) is 13.2 Å². The first-order valence-electron chi connectivity index (χ1n) is 6.33. The molecule has 1 aliphatic heterocycles. The number of hydrogen-bond acceptors (Lipinski definition) is 1. The lowest BCUT2D eigenvalue weighted by Gasteiger charge is -2.34. The van der Waals surface area contributed by atoms with Crippen LogP contribution in [0.3, 0.4) is 0 Å². The highest BCUT2D eigenvalue weighted by Gasteiger charge is 2.36. The molecule has 1 aromatic carbocycles. The average molecular weight is 257 g/mol. The minimum atomic E-state index is -1.39. The summed E-state index contributed by atoms with van der Waals surface area (Å²) in [6, 6.07) is 2.20. The second kappa shape index (κ2) is 4.92. The van der Waals surface area contributed by atoms with Crippen molar-refractivity contribution in [2.24, 2.45) is 5.92 Å². The summed E-state index contributed by atoms with van der Waals surface area (Å²) < 4.78 is 39.3. The highest BCUT2D eigenvalue weighted by atomic mass is 19.2. The van der Waals surface area contributed by atoms with Crippen molar-refractivity contribution in [1.82, 2.24) is 5.32 Å². The Morgan fingerprint density at radius 1 is 1.22 bits per heavy atom. The van der Waals surface area contributed by atoms with E-state index in [1.807, 2.05) is 0 Å². The summed E-state index contributed by atoms with van der Waals surface area (Å²) >= 11 is 0. The van der Waals surface area contributed by atoms with E-state index in [2.05, 4.69) is 19.2 Å². The van der Waals surface area contributed by atoms with E-state index in [0.717, 1.165) is 31.5 Å². The van der Waals surface area contributed by atoms with E-state index < -0.39 is 17.5 Å². The molecule has 0 aliphatic carbocycles. The van der Waals surface area contributed by atoms with Gasteiger partial charge in [0.05, 0.1) is 0 Å². The molecule has 0 spiro atoms. The smallest absolute Gasteiger partial charge is 0.194 e. The van der Waals surface area contributed by atoms with E-state index in [1.54, 1.807) is 0 Å². The SMILES string of the molecule is CC(C)C1(Cc2cc(F)c(F)c(F)c2)CCCN1. The van der Waals surface area contributed by atoms with Crippen LogP contribution in [0, 0.1) is 23.4 Å². The normalized spacial score (nSPS) is 23.9. The Hall–Kier alpha value is -1.03. The molecule has 1 N–H and O–H groups in total. The molecule has 2 rings (SSSR count). The third-order valence-electron chi connectivity index (χ3n) is 3.95. The van der Waals surface area contributed by atoms with Crippen LogP contribution in [0.25, 0.3) is 0 Å². The van der Waals surface area contributed by atoms with Gasteiger partial charge >= 0.3 is 0 Å². The minimum Gasteiger partial charge on any atom is -0.311 e. The van der Waals surface area contributed by atoms with Crippen molar-refractivity contribution in [3.05, 3.63) is 35.1 Å². The van der Waals surface area contributed by atoms with Crippen LogP contribution in [0.2, 0.25) is 0 Å². The molecule has 1 saturated heterocycles. The molecule has 0 bridgehead atoms. The fraction of sp³-hybridized carbons (Fsp3) is 0.571. The van der Waals surface area contributed by atoms with E-state index in [9.17, 15) is 13.2 Å². The first kappa shape index (κ1) is 13.4. The molecule has 1 aliphatic rings. The largest absolute Gasteiger partial charge is 0.311 e. The lowest BCUT2D eigenvalue weighted by atomic mass is 9.80. The Morgan fingerprint density at radius 3 is 2.28 bits per heavy atom. The van der Waals surface area contributed by atoms with Gasteiger partial charge in [0.25, 0.3) is 0 Å². The summed E-state index contributed by atoms with van der Waals surface area (Å²) in [4.78, 5) is 0. The Morgan fingerprint density at radius 2 is 1.83 bits per heavy atom. The number of hydrogen-bond donors (Lipinski definition) is 1. The number of halogens is 3. The summed E-state index contributed by atoms with van der Waals surface area (Å²) in [7, 11) is 0. The van der Waals surface area contributed by atoms with Crippen molar-refractivity contribution in [3.63, 3.8) is 0 Å². The summed E-state index contributed by atoms with van der Waals surface area (Å²) in [5.41, 5.74) is 0.381. The fourth-order valence-corrected chi connectivity index (χ4v) is 2.75. The van der Waals surface area contributed by atoms with Gasteiger partial charge in [0.2, 0.25) is 0 Å². The van der Waals surface area contributed by atoms with Gasteiger partial charge < -0.3 is 5.32 Å². The Kier molecular flexibility index (Phi) is 3.66. The maximum atomic E-state index is 13.2. The molecule has 1 aromatic rings. The van der Waals surface area contributed by atoms with Crippen LogP contribution in [0.1, 0.15) is 32.3 Å². The summed E-state index contributed by atoms with van der Waals surface area (Å²) in [6.07, 6.45) is 2.56. The Labute approximate surface area is 105 Å². The summed E-state index contributed by atoms with van der Waals surface area (Å²) in [5, 5.41) is 3.43. The van der Waals surface area contributed by atoms with E-state index in [1.165, 1.54) is 0 Å². The van der Waals surface area contributed by atoms with Crippen LogP contribution in [0.4, 0.5) is 13.2 Å². The van der Waals surface area contributed by atoms with Crippen molar-refractivity contribution < 1.29 is 13.2 Å². The molecule has 0 radical (unpaired) electrons. The third kappa shape index (κ3) is 2.39. The van der Waals surface area contributed by atoms with Crippen molar-refractivity contribution >= 4 is 0 Å². The zero-order valence-electron chi connectivity index (χ0n) is 10.7. The average Bonchev–Trinajstić information content (AvgIpc) is 2.75. The molecule has 1 atom stereocenters. The van der Waals surface area contributed by atoms with Crippen molar-refractivity contribution in [1.29, 1.82) is 0 Å². The standard InChI is InChI=1S/C14H18F3N/c1-9(2)14(4-3-5-18-14)8-10-6-11(15)13(17)12(16)7-10/h6-7,9,18H,3-5,8H2,1-2H3. The lowest BCUT2D eigenvalue weighted by molar-refractivity contribution is 0.268. The lowest BCUT2D eigenvalue weighted by Crippen LogP contribution is -2.46. The molecule has 1 fully saturated rings. The molecule has 1 unspecified atom stereocenters. The molecule has 100 valence electrons. The number of benzene rings is 1.